The Hall–Kier alpha value is -2.03. The third-order valence-electron chi connectivity index (χ3n) is 3.97. The van der Waals surface area contributed by atoms with E-state index >= 15 is 0 Å². The normalized spacial score (nSPS) is 23.1. The molecule has 27 heavy (non-hydrogen) atoms. The van der Waals surface area contributed by atoms with Crippen LogP contribution in [0, 0.1) is 5.92 Å². The van der Waals surface area contributed by atoms with Crippen molar-refractivity contribution in [2.24, 2.45) is 10.9 Å². The average molecular weight is 406 g/mol. The Kier molecular flexibility index (Phi) is 5.00. The van der Waals surface area contributed by atoms with Gasteiger partial charge in [0.1, 0.15) is 22.7 Å². The first kappa shape index (κ1) is 19.7. The smallest absolute Gasteiger partial charge is 0.395 e. The van der Waals surface area contributed by atoms with Gasteiger partial charge in [-0.05, 0) is 33.6 Å². The van der Waals surface area contributed by atoms with Crippen LogP contribution in [0.4, 0.5) is 13.2 Å². The van der Waals surface area contributed by atoms with Crippen molar-refractivity contribution in [1.82, 2.24) is 9.78 Å². The second kappa shape index (κ2) is 6.85. The van der Waals surface area contributed by atoms with Gasteiger partial charge in [-0.1, -0.05) is 11.6 Å². The lowest BCUT2D eigenvalue weighted by molar-refractivity contribution is -0.153. The summed E-state index contributed by atoms with van der Waals surface area (Å²) in [7, 11) is 0. The van der Waals surface area contributed by atoms with Gasteiger partial charge in [0.05, 0.1) is 11.5 Å². The highest BCUT2D eigenvalue weighted by molar-refractivity contribution is 6.32. The molecule has 1 aromatic rings. The lowest BCUT2D eigenvalue weighted by Gasteiger charge is -2.22. The van der Waals surface area contributed by atoms with Crippen molar-refractivity contribution < 1.29 is 27.4 Å². The van der Waals surface area contributed by atoms with Gasteiger partial charge in [0.15, 0.2) is 0 Å². The maximum Gasteiger partial charge on any atom is 0.395 e. The SMILES string of the molecule is CC(C)(C)OC(=O)C1=C(Cl)N=C(n2ccc(O[C@@H]3CC3C(F)(F)F)n2)CC1. The number of ether oxygens (including phenoxy) is 2. The number of esters is 1. The van der Waals surface area contributed by atoms with Gasteiger partial charge in [0, 0.05) is 18.7 Å². The molecule has 10 heteroatoms. The highest BCUT2D eigenvalue weighted by Crippen LogP contribution is 2.46. The summed E-state index contributed by atoms with van der Waals surface area (Å²) in [5.41, 5.74) is -0.360. The molecule has 1 unspecified atom stereocenters. The second-order valence-electron chi connectivity index (χ2n) is 7.44. The first-order chi connectivity index (χ1) is 12.4. The number of alkyl halides is 3. The summed E-state index contributed by atoms with van der Waals surface area (Å²) in [6, 6.07) is 1.47. The first-order valence-corrected chi connectivity index (χ1v) is 8.81. The number of nitrogens with zero attached hydrogens (tertiary/aromatic N) is 3. The number of carbonyl (C=O) groups is 1. The van der Waals surface area contributed by atoms with Crippen LogP contribution in [-0.2, 0) is 9.53 Å². The number of hydrogen-bond acceptors (Lipinski definition) is 5. The molecule has 0 spiro atoms. The predicted octanol–water partition coefficient (Wildman–Crippen LogP) is 4.05. The Balaban J connectivity index is 1.67. The van der Waals surface area contributed by atoms with Gasteiger partial charge < -0.3 is 9.47 Å². The number of carbonyl (C=O) groups excluding carboxylic acids is 1. The van der Waals surface area contributed by atoms with Crippen molar-refractivity contribution in [1.29, 1.82) is 0 Å². The molecule has 3 rings (SSSR count). The van der Waals surface area contributed by atoms with Gasteiger partial charge in [-0.3, -0.25) is 0 Å². The van der Waals surface area contributed by atoms with Crippen LogP contribution in [0.15, 0.2) is 28.0 Å². The topological polar surface area (TPSA) is 65.7 Å². The Labute approximate surface area is 159 Å². The molecule has 0 radical (unpaired) electrons. The summed E-state index contributed by atoms with van der Waals surface area (Å²) in [5.74, 6) is -1.41. The maximum absolute atomic E-state index is 12.6. The summed E-state index contributed by atoms with van der Waals surface area (Å²) in [6.45, 7) is 5.27. The number of aliphatic imine (C=N–C) groups is 1. The van der Waals surface area contributed by atoms with Crippen LogP contribution in [0.5, 0.6) is 5.88 Å². The van der Waals surface area contributed by atoms with E-state index in [1.54, 1.807) is 20.8 Å². The van der Waals surface area contributed by atoms with E-state index in [4.69, 9.17) is 21.1 Å². The van der Waals surface area contributed by atoms with E-state index in [2.05, 4.69) is 10.1 Å². The van der Waals surface area contributed by atoms with Crippen molar-refractivity contribution in [2.75, 3.05) is 0 Å². The van der Waals surface area contributed by atoms with Crippen molar-refractivity contribution in [2.45, 2.75) is 57.9 Å². The molecular weight excluding hydrogens is 387 g/mol. The van der Waals surface area contributed by atoms with E-state index in [0.29, 0.717) is 18.7 Å². The molecule has 6 nitrogen and oxygen atoms in total. The van der Waals surface area contributed by atoms with Gasteiger partial charge in [-0.15, -0.1) is 5.10 Å². The molecule has 2 atom stereocenters. The van der Waals surface area contributed by atoms with Crippen LogP contribution in [-0.4, -0.2) is 39.5 Å². The average Bonchev–Trinajstić information content (AvgIpc) is 3.13. The summed E-state index contributed by atoms with van der Waals surface area (Å²) >= 11 is 6.12. The Morgan fingerprint density at radius 2 is 2.00 bits per heavy atom. The summed E-state index contributed by atoms with van der Waals surface area (Å²) in [5, 5.41) is 4.11. The molecule has 0 bridgehead atoms. The van der Waals surface area contributed by atoms with E-state index < -0.39 is 29.8 Å². The first-order valence-electron chi connectivity index (χ1n) is 8.43. The van der Waals surface area contributed by atoms with Crippen LogP contribution in [0.2, 0.25) is 0 Å². The van der Waals surface area contributed by atoms with Gasteiger partial charge in [0.2, 0.25) is 5.88 Å². The lowest BCUT2D eigenvalue weighted by atomic mass is 10.1. The van der Waals surface area contributed by atoms with Gasteiger partial charge >= 0.3 is 12.1 Å². The predicted molar refractivity (Wildman–Crippen MR) is 91.6 cm³/mol. The monoisotopic (exact) mass is 405 g/mol. The van der Waals surface area contributed by atoms with Gasteiger partial charge in [-0.2, -0.15) is 13.2 Å². The third-order valence-corrected chi connectivity index (χ3v) is 4.29. The minimum Gasteiger partial charge on any atom is -0.473 e. The number of rotatable bonds is 3. The van der Waals surface area contributed by atoms with Gasteiger partial charge in [-0.25, -0.2) is 14.5 Å². The number of hydrogen-bond donors (Lipinski definition) is 0. The van der Waals surface area contributed by atoms with Crippen molar-refractivity contribution in [3.05, 3.63) is 23.0 Å². The molecule has 1 aromatic heterocycles. The summed E-state index contributed by atoms with van der Waals surface area (Å²) < 4.78 is 49.6. The molecule has 148 valence electrons. The fourth-order valence-corrected chi connectivity index (χ4v) is 2.85. The van der Waals surface area contributed by atoms with Gasteiger partial charge in [0.25, 0.3) is 0 Å². The zero-order chi connectivity index (χ0) is 20.0. The van der Waals surface area contributed by atoms with Crippen LogP contribution in [0.3, 0.4) is 0 Å². The van der Waals surface area contributed by atoms with E-state index in [0.717, 1.165) is 0 Å². The molecule has 1 aliphatic heterocycles. The van der Waals surface area contributed by atoms with E-state index in [9.17, 15) is 18.0 Å². The quantitative estimate of drug-likeness (QED) is 0.562. The Bertz CT molecular complexity index is 808. The van der Waals surface area contributed by atoms with E-state index in [1.165, 1.54) is 16.9 Å². The highest BCUT2D eigenvalue weighted by Gasteiger charge is 2.58. The maximum atomic E-state index is 12.6. The Morgan fingerprint density at radius 1 is 1.30 bits per heavy atom. The minimum atomic E-state index is -4.25. The molecule has 0 aromatic carbocycles. The molecule has 0 N–H and O–H groups in total. The molecule has 0 amide bonds. The Morgan fingerprint density at radius 3 is 2.56 bits per heavy atom. The van der Waals surface area contributed by atoms with Crippen molar-refractivity contribution in [3.63, 3.8) is 0 Å². The zero-order valence-corrected chi connectivity index (χ0v) is 15.8. The third kappa shape index (κ3) is 4.82. The standard InChI is InChI=1S/C17H19ClF3N3O3/c1-16(2,3)27-15(25)9-4-5-12(22-14(9)18)24-7-6-13(23-24)26-11-8-10(11)17(19,20)21/h6-7,10-11H,4-5,8H2,1-3H3/t10?,11-/m1/s1. The molecule has 1 fully saturated rings. The zero-order valence-electron chi connectivity index (χ0n) is 15.0. The molecule has 1 aliphatic carbocycles. The lowest BCUT2D eigenvalue weighted by Crippen LogP contribution is -2.27. The molecule has 2 aliphatic rings. The molecule has 0 saturated heterocycles. The molecule has 2 heterocycles. The number of halogens is 4. The van der Waals surface area contributed by atoms with E-state index in [-0.39, 0.29) is 23.0 Å². The summed E-state index contributed by atoms with van der Waals surface area (Å²) in [6.07, 6.45) is -2.99. The van der Waals surface area contributed by atoms with Crippen LogP contribution < -0.4 is 4.74 Å². The number of aromatic nitrogens is 2. The molecule has 1 saturated carbocycles. The second-order valence-corrected chi connectivity index (χ2v) is 7.80. The van der Waals surface area contributed by atoms with Crippen LogP contribution in [0.25, 0.3) is 0 Å². The van der Waals surface area contributed by atoms with Crippen molar-refractivity contribution in [3.8, 4) is 5.88 Å². The fraction of sp³-hybridized carbons (Fsp3) is 0.588. The van der Waals surface area contributed by atoms with Crippen LogP contribution >= 0.6 is 11.6 Å². The summed E-state index contributed by atoms with van der Waals surface area (Å²) in [4.78, 5) is 16.3. The van der Waals surface area contributed by atoms with Crippen molar-refractivity contribution >= 4 is 23.4 Å². The highest BCUT2D eigenvalue weighted by atomic mass is 35.5. The minimum absolute atomic E-state index is 0.0165. The fourth-order valence-electron chi connectivity index (χ4n) is 2.58. The largest absolute Gasteiger partial charge is 0.473 e. The molecular formula is C17H19ClF3N3O3. The van der Waals surface area contributed by atoms with E-state index in [1.807, 2.05) is 0 Å². The van der Waals surface area contributed by atoms with Crippen LogP contribution in [0.1, 0.15) is 40.0 Å².